The van der Waals surface area contributed by atoms with Crippen molar-refractivity contribution in [3.05, 3.63) is 36.5 Å². The highest BCUT2D eigenvalue weighted by Crippen LogP contribution is 2.43. The Morgan fingerprint density at radius 1 is 0.552 bits per heavy atom. The summed E-state index contributed by atoms with van der Waals surface area (Å²) in [6.45, 7) is 4.13. The molecule has 0 aromatic carbocycles. The Morgan fingerprint density at radius 2 is 0.914 bits per heavy atom. The molecule has 0 aromatic rings. The third-order valence-electron chi connectivity index (χ3n) is 10.9. The zero-order chi connectivity index (χ0) is 42.5. The van der Waals surface area contributed by atoms with E-state index < -0.39 is 20.0 Å². The van der Waals surface area contributed by atoms with Gasteiger partial charge in [0.1, 0.15) is 0 Å². The first-order valence-corrected chi connectivity index (χ1v) is 26.1. The molecule has 0 rings (SSSR count). The number of hydrogen-bond acceptors (Lipinski definition) is 6. The maximum absolute atomic E-state index is 12.8. The van der Waals surface area contributed by atoms with Crippen LogP contribution in [0, 0.1) is 0 Å². The average molecular weight is 839 g/mol. The molecule has 0 saturated carbocycles. The molecule has 0 aliphatic heterocycles. The van der Waals surface area contributed by atoms with Gasteiger partial charge in [-0.1, -0.05) is 224 Å². The van der Waals surface area contributed by atoms with Gasteiger partial charge in [-0.25, -0.2) is 4.57 Å². The average Bonchev–Trinajstić information content (AvgIpc) is 3.21. The Hall–Kier alpha value is -1.28. The van der Waals surface area contributed by atoms with Gasteiger partial charge in [0.2, 0.25) is 5.91 Å². The minimum absolute atomic E-state index is 0.0729. The van der Waals surface area contributed by atoms with Crippen molar-refractivity contribution in [2.45, 2.75) is 251 Å². The van der Waals surface area contributed by atoms with Crippen LogP contribution < -0.4 is 11.1 Å². The zero-order valence-electron chi connectivity index (χ0n) is 38.0. The lowest BCUT2D eigenvalue weighted by Crippen LogP contribution is -2.45. The Kier molecular flexibility index (Phi) is 44.3. The molecule has 0 bridgehead atoms. The van der Waals surface area contributed by atoms with Crippen molar-refractivity contribution < 1.29 is 28.4 Å². The van der Waals surface area contributed by atoms with Crippen LogP contribution in [0.2, 0.25) is 0 Å². The number of unbranched alkanes of at least 4 members (excludes halogenated alkanes) is 30. The molecule has 58 heavy (non-hydrogen) atoms. The minimum Gasteiger partial charge on any atom is -0.387 e. The van der Waals surface area contributed by atoms with E-state index in [4.69, 9.17) is 14.8 Å². The number of phosphoric acid groups is 1. The van der Waals surface area contributed by atoms with Crippen LogP contribution in [0.3, 0.4) is 0 Å². The molecule has 0 aromatic heterocycles. The van der Waals surface area contributed by atoms with E-state index in [9.17, 15) is 19.4 Å². The van der Waals surface area contributed by atoms with E-state index in [1.165, 1.54) is 173 Å². The molecule has 8 nitrogen and oxygen atoms in total. The molecule has 1 amide bonds. The smallest absolute Gasteiger partial charge is 0.387 e. The van der Waals surface area contributed by atoms with Crippen molar-refractivity contribution in [2.75, 3.05) is 19.8 Å². The molecule has 0 radical (unpaired) electrons. The van der Waals surface area contributed by atoms with Gasteiger partial charge in [-0.3, -0.25) is 13.8 Å². The summed E-state index contributed by atoms with van der Waals surface area (Å²) in [5.74, 6) is -0.204. The number of carbonyl (C=O) groups excluding carboxylic acids is 1. The molecule has 9 heteroatoms. The van der Waals surface area contributed by atoms with E-state index in [-0.39, 0.29) is 25.7 Å². The van der Waals surface area contributed by atoms with Crippen LogP contribution in [-0.2, 0) is 18.4 Å². The standard InChI is InChI=1S/C49H95N2O6P/c1-3-5-7-9-11-13-15-17-19-21-23-25-27-29-31-33-35-37-39-41-43-49(53)51-47(46-57-58(54,55)56-45-44-50)48(52)42-40-38-36-34-32-30-28-26-24-22-20-18-16-14-12-10-8-6-4-2/h24,26,32,34,40,42,47-48,52H,3-23,25,27-31,33,35-39,41,43-46,50H2,1-2H3,(H,51,53)(H,54,55)/b26-24+,34-32+,42-40+. The van der Waals surface area contributed by atoms with Crippen molar-refractivity contribution in [1.29, 1.82) is 0 Å². The normalized spacial score (nSPS) is 14.2. The van der Waals surface area contributed by atoms with Crippen LogP contribution >= 0.6 is 7.82 Å². The first-order chi connectivity index (χ1) is 28.4. The summed E-state index contributed by atoms with van der Waals surface area (Å²) in [7, 11) is -4.35. The van der Waals surface area contributed by atoms with Crippen LogP contribution in [-0.4, -0.2) is 47.8 Å². The third kappa shape index (κ3) is 42.8. The van der Waals surface area contributed by atoms with E-state index in [2.05, 4.69) is 43.5 Å². The largest absolute Gasteiger partial charge is 0.472 e. The molecule has 0 heterocycles. The van der Waals surface area contributed by atoms with Crippen molar-refractivity contribution in [3.63, 3.8) is 0 Å². The molecular formula is C49H95N2O6P. The first-order valence-electron chi connectivity index (χ1n) is 24.6. The number of aliphatic hydroxyl groups excluding tert-OH is 1. The second kappa shape index (κ2) is 45.3. The summed E-state index contributed by atoms with van der Waals surface area (Å²) >= 11 is 0. The van der Waals surface area contributed by atoms with Gasteiger partial charge in [0.25, 0.3) is 0 Å². The minimum atomic E-state index is -4.35. The fourth-order valence-corrected chi connectivity index (χ4v) is 7.98. The monoisotopic (exact) mass is 839 g/mol. The molecular weight excluding hydrogens is 744 g/mol. The van der Waals surface area contributed by atoms with Crippen LogP contribution in [0.5, 0.6) is 0 Å². The molecule has 342 valence electrons. The van der Waals surface area contributed by atoms with E-state index >= 15 is 0 Å². The van der Waals surface area contributed by atoms with E-state index in [1.54, 1.807) is 6.08 Å². The summed E-state index contributed by atoms with van der Waals surface area (Å²) in [6.07, 6.45) is 54.9. The van der Waals surface area contributed by atoms with E-state index in [0.717, 1.165) is 44.9 Å². The number of aliphatic hydroxyl groups is 1. The van der Waals surface area contributed by atoms with Gasteiger partial charge in [0, 0.05) is 13.0 Å². The van der Waals surface area contributed by atoms with Crippen molar-refractivity contribution in [2.24, 2.45) is 5.73 Å². The van der Waals surface area contributed by atoms with Gasteiger partial charge < -0.3 is 21.1 Å². The number of phosphoric ester groups is 1. The van der Waals surface area contributed by atoms with Crippen molar-refractivity contribution in [1.82, 2.24) is 5.32 Å². The lowest BCUT2D eigenvalue weighted by Gasteiger charge is -2.23. The van der Waals surface area contributed by atoms with Gasteiger partial charge in [-0.2, -0.15) is 0 Å². The number of carbonyl (C=O) groups is 1. The molecule has 5 N–H and O–H groups in total. The molecule has 0 spiro atoms. The second-order valence-corrected chi connectivity index (χ2v) is 18.1. The SMILES string of the molecule is CCCCCCCCCCC/C=C/CC/C=C/CC/C=C/C(O)C(COP(=O)(O)OCCN)NC(=O)CCCCCCCCCCCCCCCCCCCCCC. The number of nitrogens with one attached hydrogen (secondary N) is 1. The number of rotatable bonds is 46. The number of amides is 1. The molecule has 0 aliphatic carbocycles. The molecule has 0 saturated heterocycles. The molecule has 0 aliphatic rings. The summed E-state index contributed by atoms with van der Waals surface area (Å²) < 4.78 is 22.2. The van der Waals surface area contributed by atoms with Crippen LogP contribution in [0.4, 0.5) is 0 Å². The van der Waals surface area contributed by atoms with Gasteiger partial charge >= 0.3 is 7.82 Å². The number of nitrogens with two attached hydrogens (primary N) is 1. The number of hydrogen-bond donors (Lipinski definition) is 4. The summed E-state index contributed by atoms with van der Waals surface area (Å²) in [5, 5.41) is 13.7. The first kappa shape index (κ1) is 56.7. The van der Waals surface area contributed by atoms with Crippen LogP contribution in [0.25, 0.3) is 0 Å². The third-order valence-corrected chi connectivity index (χ3v) is 11.9. The Morgan fingerprint density at radius 3 is 1.33 bits per heavy atom. The molecule has 0 fully saturated rings. The highest BCUT2D eigenvalue weighted by atomic mass is 31.2. The van der Waals surface area contributed by atoms with Crippen molar-refractivity contribution >= 4 is 13.7 Å². The maximum atomic E-state index is 12.8. The maximum Gasteiger partial charge on any atom is 0.472 e. The van der Waals surface area contributed by atoms with E-state index in [1.807, 2.05) is 6.08 Å². The lowest BCUT2D eigenvalue weighted by molar-refractivity contribution is -0.123. The molecule has 3 unspecified atom stereocenters. The highest BCUT2D eigenvalue weighted by Gasteiger charge is 2.26. The lowest BCUT2D eigenvalue weighted by atomic mass is 10.0. The van der Waals surface area contributed by atoms with Crippen LogP contribution in [0.1, 0.15) is 239 Å². The van der Waals surface area contributed by atoms with E-state index in [0.29, 0.717) is 6.42 Å². The predicted octanol–water partition coefficient (Wildman–Crippen LogP) is 14.3. The van der Waals surface area contributed by atoms with Crippen LogP contribution in [0.15, 0.2) is 36.5 Å². The quantitative estimate of drug-likeness (QED) is 0.0273. The van der Waals surface area contributed by atoms with Gasteiger partial charge in [-0.15, -0.1) is 0 Å². The fraction of sp³-hybridized carbons (Fsp3) is 0.857. The Bertz CT molecular complexity index is 1010. The van der Waals surface area contributed by atoms with Crippen molar-refractivity contribution in [3.8, 4) is 0 Å². The van der Waals surface area contributed by atoms with Gasteiger partial charge in [-0.05, 0) is 44.9 Å². The summed E-state index contributed by atoms with van der Waals surface area (Å²) in [4.78, 5) is 22.8. The Labute approximate surface area is 359 Å². The summed E-state index contributed by atoms with van der Waals surface area (Å²) in [5.41, 5.74) is 5.38. The fourth-order valence-electron chi connectivity index (χ4n) is 7.22. The zero-order valence-corrected chi connectivity index (χ0v) is 38.9. The second-order valence-electron chi connectivity index (χ2n) is 16.7. The van der Waals surface area contributed by atoms with Gasteiger partial charge in [0.05, 0.1) is 25.4 Å². The predicted molar refractivity (Wildman–Crippen MR) is 249 cm³/mol. The topological polar surface area (TPSA) is 131 Å². The Balaban J connectivity index is 4.18. The highest BCUT2D eigenvalue weighted by molar-refractivity contribution is 7.47. The molecule has 3 atom stereocenters. The van der Waals surface area contributed by atoms with Gasteiger partial charge in [0.15, 0.2) is 0 Å². The summed E-state index contributed by atoms with van der Waals surface area (Å²) in [6, 6.07) is -0.881. The number of allylic oxidation sites excluding steroid dienone is 5.